The van der Waals surface area contributed by atoms with Crippen LogP contribution in [-0.4, -0.2) is 59.4 Å². The van der Waals surface area contributed by atoms with Gasteiger partial charge >= 0.3 is 0 Å². The number of nitrogens with one attached hydrogen (secondary N) is 2. The van der Waals surface area contributed by atoms with Crippen molar-refractivity contribution >= 4 is 29.1 Å². The summed E-state index contributed by atoms with van der Waals surface area (Å²) in [6, 6.07) is 0.170. The topological polar surface area (TPSA) is 105 Å². The molecule has 1 aliphatic rings. The third-order valence-electron chi connectivity index (χ3n) is 4.48. The Morgan fingerprint density at radius 2 is 2.00 bits per heavy atom. The van der Waals surface area contributed by atoms with Crippen LogP contribution in [0.3, 0.4) is 0 Å². The van der Waals surface area contributed by atoms with Gasteiger partial charge in [0.15, 0.2) is 16.8 Å². The molecule has 2 rings (SSSR count). The zero-order valence-electron chi connectivity index (χ0n) is 20.6. The zero-order valence-corrected chi connectivity index (χ0v) is 21.4. The molecule has 1 aliphatic carbocycles. The highest BCUT2D eigenvalue weighted by molar-refractivity contribution is 7.99. The Bertz CT molecular complexity index is 716. The van der Waals surface area contributed by atoms with E-state index in [1.54, 1.807) is 24.9 Å². The molecule has 1 heterocycles. The van der Waals surface area contributed by atoms with Gasteiger partial charge < -0.3 is 26.2 Å². The van der Waals surface area contributed by atoms with Gasteiger partial charge in [0.2, 0.25) is 0 Å². The molecule has 1 aromatic heterocycles. The lowest BCUT2D eigenvalue weighted by molar-refractivity contribution is 0.00628. The van der Waals surface area contributed by atoms with Crippen molar-refractivity contribution < 1.29 is 14.2 Å². The minimum absolute atomic E-state index is 0.0110. The standard InChI is InChI=1S/C16H28FN5O2S.C6H10.C2H4/c1-3-6-25-16-21-14(19-2)13(18)15(22-16)20-11-4-5-12(7-11)24-9-10(17)8-23;1-4-5-6(2)3;1-2/h10-12,23H,3-9,18H2,1-2H3,(H2,19,20,21,22);4-5H,1H2,2-3H3;1-2H2. The van der Waals surface area contributed by atoms with E-state index in [9.17, 15) is 4.39 Å². The summed E-state index contributed by atoms with van der Waals surface area (Å²) >= 11 is 1.60. The van der Waals surface area contributed by atoms with Crippen LogP contribution in [0, 0.1) is 0 Å². The quantitative estimate of drug-likeness (QED) is 0.147. The molecular weight excluding hydrogens is 441 g/mol. The van der Waals surface area contributed by atoms with Gasteiger partial charge in [-0.1, -0.05) is 43.0 Å². The normalized spacial score (nSPS) is 17.5. The number of ether oxygens (including phenoxy) is 1. The fraction of sp³-hybridized carbons (Fsp3) is 0.583. The molecule has 0 aliphatic heterocycles. The second-order valence-corrected chi connectivity index (χ2v) is 8.65. The molecule has 1 fully saturated rings. The van der Waals surface area contributed by atoms with Gasteiger partial charge in [0.1, 0.15) is 11.9 Å². The number of aliphatic hydroxyl groups excluding tert-OH is 1. The number of thioether (sulfide) groups is 1. The Kier molecular flexibility index (Phi) is 17.2. The van der Waals surface area contributed by atoms with Crippen LogP contribution in [0.2, 0.25) is 0 Å². The van der Waals surface area contributed by atoms with E-state index in [4.69, 9.17) is 15.6 Å². The predicted octanol–water partition coefficient (Wildman–Crippen LogP) is 5.22. The van der Waals surface area contributed by atoms with E-state index in [0.29, 0.717) is 22.5 Å². The Labute approximate surface area is 203 Å². The molecule has 3 atom stereocenters. The van der Waals surface area contributed by atoms with E-state index < -0.39 is 12.8 Å². The first-order valence-electron chi connectivity index (χ1n) is 11.2. The van der Waals surface area contributed by atoms with Gasteiger partial charge in [-0.05, 0) is 39.5 Å². The molecule has 5 N–H and O–H groups in total. The smallest absolute Gasteiger partial charge is 0.191 e. The summed E-state index contributed by atoms with van der Waals surface area (Å²) in [6.45, 7) is 15.2. The maximum atomic E-state index is 13.1. The van der Waals surface area contributed by atoms with Gasteiger partial charge in [-0.15, -0.1) is 13.2 Å². The largest absolute Gasteiger partial charge is 0.393 e. The number of nitrogens with two attached hydrogens (primary N) is 1. The van der Waals surface area contributed by atoms with E-state index in [1.165, 1.54) is 5.57 Å². The van der Waals surface area contributed by atoms with E-state index >= 15 is 0 Å². The van der Waals surface area contributed by atoms with Crippen molar-refractivity contribution in [2.75, 3.05) is 42.4 Å². The number of alkyl halides is 1. The van der Waals surface area contributed by atoms with Crippen molar-refractivity contribution in [3.05, 3.63) is 37.5 Å². The minimum Gasteiger partial charge on any atom is -0.393 e. The van der Waals surface area contributed by atoms with Crippen LogP contribution in [0.1, 0.15) is 46.5 Å². The molecule has 7 nitrogen and oxygen atoms in total. The second-order valence-electron chi connectivity index (χ2n) is 7.58. The van der Waals surface area contributed by atoms with E-state index in [2.05, 4.69) is 47.3 Å². The maximum Gasteiger partial charge on any atom is 0.191 e. The fourth-order valence-electron chi connectivity index (χ4n) is 2.95. The average Bonchev–Trinajstić information content (AvgIpc) is 3.26. The van der Waals surface area contributed by atoms with Gasteiger partial charge in [-0.25, -0.2) is 14.4 Å². The van der Waals surface area contributed by atoms with Crippen molar-refractivity contribution in [3.8, 4) is 0 Å². The number of aliphatic hydroxyl groups is 1. The summed E-state index contributed by atoms with van der Waals surface area (Å²) in [5, 5.41) is 15.8. The molecule has 33 heavy (non-hydrogen) atoms. The van der Waals surface area contributed by atoms with Gasteiger partial charge in [0, 0.05) is 18.8 Å². The maximum absolute atomic E-state index is 13.1. The average molecular weight is 484 g/mol. The molecule has 0 bridgehead atoms. The third-order valence-corrected chi connectivity index (χ3v) is 5.54. The molecule has 0 spiro atoms. The summed E-state index contributed by atoms with van der Waals surface area (Å²) in [5.41, 5.74) is 7.95. The number of nitrogen functional groups attached to an aromatic ring is 1. The SMILES string of the molecule is C=C.C=CC=C(C)C.CCCSc1nc(NC)c(N)c(NC2CCC(OCC(F)CO)C2)n1. The monoisotopic (exact) mass is 483 g/mol. The Morgan fingerprint density at radius 1 is 1.33 bits per heavy atom. The summed E-state index contributed by atoms with van der Waals surface area (Å²) in [4.78, 5) is 8.96. The Balaban J connectivity index is 0.00000111. The Morgan fingerprint density at radius 3 is 2.52 bits per heavy atom. The first-order chi connectivity index (χ1) is 15.8. The van der Waals surface area contributed by atoms with Crippen LogP contribution < -0.4 is 16.4 Å². The number of nitrogens with zero attached hydrogens (tertiary/aromatic N) is 2. The lowest BCUT2D eigenvalue weighted by Gasteiger charge is -2.18. The van der Waals surface area contributed by atoms with Crippen molar-refractivity contribution in [1.29, 1.82) is 0 Å². The number of hydrogen-bond donors (Lipinski definition) is 4. The summed E-state index contributed by atoms with van der Waals surface area (Å²) in [7, 11) is 1.78. The molecule has 9 heteroatoms. The van der Waals surface area contributed by atoms with Crippen LogP contribution >= 0.6 is 11.8 Å². The van der Waals surface area contributed by atoms with Gasteiger partial charge in [-0.3, -0.25) is 0 Å². The first-order valence-corrected chi connectivity index (χ1v) is 12.2. The van der Waals surface area contributed by atoms with Crippen LogP contribution in [0.5, 0.6) is 0 Å². The zero-order chi connectivity index (χ0) is 25.2. The number of aromatic nitrogens is 2. The molecule has 3 unspecified atom stereocenters. The van der Waals surface area contributed by atoms with Crippen LogP contribution in [-0.2, 0) is 4.74 Å². The number of allylic oxidation sites excluding steroid dienone is 3. The molecule has 1 aromatic rings. The number of halogens is 1. The molecular formula is C24H42FN5O2S. The predicted molar refractivity (Wildman–Crippen MR) is 141 cm³/mol. The second kappa shape index (κ2) is 18.3. The van der Waals surface area contributed by atoms with Gasteiger partial charge in [-0.2, -0.15) is 0 Å². The van der Waals surface area contributed by atoms with Crippen LogP contribution in [0.25, 0.3) is 0 Å². The van der Waals surface area contributed by atoms with Crippen molar-refractivity contribution in [2.24, 2.45) is 0 Å². The molecule has 0 radical (unpaired) electrons. The molecule has 0 saturated heterocycles. The number of rotatable bonds is 11. The summed E-state index contributed by atoms with van der Waals surface area (Å²) in [5.74, 6) is 2.19. The van der Waals surface area contributed by atoms with Crippen molar-refractivity contribution in [1.82, 2.24) is 9.97 Å². The third kappa shape index (κ3) is 12.6. The number of anilines is 3. The van der Waals surface area contributed by atoms with E-state index in [-0.39, 0.29) is 18.8 Å². The van der Waals surface area contributed by atoms with Crippen LogP contribution in [0.4, 0.5) is 21.7 Å². The van der Waals surface area contributed by atoms with E-state index in [1.807, 2.05) is 19.9 Å². The highest BCUT2D eigenvalue weighted by atomic mass is 32.2. The Hall–Kier alpha value is -2.10. The summed E-state index contributed by atoms with van der Waals surface area (Å²) in [6.07, 6.45) is 5.97. The highest BCUT2D eigenvalue weighted by Gasteiger charge is 2.27. The van der Waals surface area contributed by atoms with Crippen molar-refractivity contribution in [3.63, 3.8) is 0 Å². The highest BCUT2D eigenvalue weighted by Crippen LogP contribution is 2.31. The number of hydrogen-bond acceptors (Lipinski definition) is 8. The first kappa shape index (κ1) is 30.9. The van der Waals surface area contributed by atoms with Gasteiger partial charge in [0.05, 0.1) is 19.3 Å². The molecule has 1 saturated carbocycles. The molecule has 0 amide bonds. The minimum atomic E-state index is -1.32. The van der Waals surface area contributed by atoms with Crippen molar-refractivity contribution in [2.45, 2.75) is 69.9 Å². The lowest BCUT2D eigenvalue weighted by atomic mass is 10.2. The molecule has 0 aromatic carbocycles. The van der Waals surface area contributed by atoms with Gasteiger partial charge in [0.25, 0.3) is 0 Å². The van der Waals surface area contributed by atoms with E-state index in [0.717, 1.165) is 31.4 Å². The summed E-state index contributed by atoms with van der Waals surface area (Å²) < 4.78 is 18.6. The molecule has 188 valence electrons. The van der Waals surface area contributed by atoms with Crippen LogP contribution in [0.15, 0.2) is 42.6 Å². The lowest BCUT2D eigenvalue weighted by Crippen LogP contribution is -2.23. The fourth-order valence-corrected chi connectivity index (χ4v) is 3.65.